The maximum atomic E-state index is 11.4. The first-order chi connectivity index (χ1) is 8.16. The lowest BCUT2D eigenvalue weighted by Crippen LogP contribution is -2.49. The molecule has 1 radical (unpaired) electrons. The van der Waals surface area contributed by atoms with Gasteiger partial charge in [0, 0.05) is 11.2 Å². The highest BCUT2D eigenvalue weighted by Crippen LogP contribution is 2.32. The summed E-state index contributed by atoms with van der Waals surface area (Å²) in [5, 5.41) is 9.37. The molecule has 1 rings (SSSR count). The molecule has 18 heavy (non-hydrogen) atoms. The molecule has 0 saturated carbocycles. The van der Waals surface area contributed by atoms with Crippen molar-refractivity contribution in [1.82, 2.24) is 0 Å². The van der Waals surface area contributed by atoms with Crippen molar-refractivity contribution in [2.45, 2.75) is 46.3 Å². The van der Waals surface area contributed by atoms with Gasteiger partial charge in [0.2, 0.25) is 0 Å². The van der Waals surface area contributed by atoms with Gasteiger partial charge in [0.25, 0.3) is 0 Å². The smallest absolute Gasteiger partial charge is 0.337 e. The zero-order valence-electron chi connectivity index (χ0n) is 12.0. The summed E-state index contributed by atoms with van der Waals surface area (Å²) in [4.78, 5) is 11.4. The topological polar surface area (TPSA) is 40.5 Å². The Labute approximate surface area is 111 Å². The zero-order chi connectivity index (χ0) is 14.1. The average Bonchev–Trinajstić information content (AvgIpc) is 2.17. The van der Waals surface area contributed by atoms with Crippen LogP contribution in [0.15, 0.2) is 18.2 Å². The second-order valence-corrected chi connectivity index (χ2v) is 8.07. The molecule has 3 nitrogen and oxygen atoms in total. The number of carbonyl (C=O) groups is 1. The summed E-state index contributed by atoms with van der Waals surface area (Å²) in [7, 11) is -0.790. The van der Waals surface area contributed by atoms with E-state index >= 15 is 0 Å². The first kappa shape index (κ1) is 14.8. The number of rotatable bonds is 3. The van der Waals surface area contributed by atoms with Crippen LogP contribution in [0.1, 0.15) is 36.7 Å². The van der Waals surface area contributed by atoms with Crippen molar-refractivity contribution < 1.29 is 9.90 Å². The molecule has 99 valence electrons. The molecule has 0 unspecified atom stereocenters. The molecule has 0 saturated heterocycles. The molecule has 1 aromatic rings. The molecule has 0 aliphatic carbocycles. The Morgan fingerprint density at radius 3 is 2.22 bits per heavy atom. The van der Waals surface area contributed by atoms with Crippen LogP contribution in [0.2, 0.25) is 13.1 Å². The van der Waals surface area contributed by atoms with E-state index < -0.39 is 14.9 Å². The van der Waals surface area contributed by atoms with Crippen LogP contribution in [0.3, 0.4) is 0 Å². The van der Waals surface area contributed by atoms with Crippen LogP contribution in [0.4, 0.5) is 5.69 Å². The lowest BCUT2D eigenvalue weighted by atomic mass is 10.0. The Morgan fingerprint density at radius 1 is 1.28 bits per heavy atom. The summed E-state index contributed by atoms with van der Waals surface area (Å²) in [5.41, 5.74) is 2.22. The molecular formula is C14H22NO2Si. The Balaban J connectivity index is 3.50. The molecule has 0 aromatic heterocycles. The molecule has 0 amide bonds. The van der Waals surface area contributed by atoms with Gasteiger partial charge in [0.05, 0.1) is 5.56 Å². The van der Waals surface area contributed by atoms with Gasteiger partial charge >= 0.3 is 5.97 Å². The lowest BCUT2D eigenvalue weighted by molar-refractivity contribution is 0.0697. The van der Waals surface area contributed by atoms with E-state index in [4.69, 9.17) is 0 Å². The molecule has 4 heteroatoms. The summed E-state index contributed by atoms with van der Waals surface area (Å²) in [6.07, 6.45) is 0. The molecule has 1 N–H and O–H groups in total. The van der Waals surface area contributed by atoms with E-state index in [9.17, 15) is 9.90 Å². The van der Waals surface area contributed by atoms with Crippen molar-refractivity contribution in [2.75, 3.05) is 4.57 Å². The van der Waals surface area contributed by atoms with Crippen LogP contribution < -0.4 is 4.57 Å². The second kappa shape index (κ2) is 5.14. The number of hydrogen-bond acceptors (Lipinski definition) is 2. The Kier molecular flexibility index (Phi) is 4.22. The first-order valence-electron chi connectivity index (χ1n) is 6.09. The largest absolute Gasteiger partial charge is 0.478 e. The number of benzene rings is 1. The van der Waals surface area contributed by atoms with Crippen LogP contribution in [-0.2, 0) is 0 Å². The van der Waals surface area contributed by atoms with Crippen molar-refractivity contribution in [3.05, 3.63) is 29.3 Å². The molecule has 0 bridgehead atoms. The van der Waals surface area contributed by atoms with Crippen molar-refractivity contribution in [1.29, 1.82) is 0 Å². The van der Waals surface area contributed by atoms with Crippen LogP contribution >= 0.6 is 0 Å². The summed E-state index contributed by atoms with van der Waals surface area (Å²) in [6, 6.07) is 5.47. The first-order valence-corrected chi connectivity index (χ1v) is 8.54. The van der Waals surface area contributed by atoms with Gasteiger partial charge in [-0.25, -0.2) is 4.79 Å². The van der Waals surface area contributed by atoms with Gasteiger partial charge < -0.3 is 9.67 Å². The van der Waals surface area contributed by atoms with Crippen LogP contribution in [0.5, 0.6) is 0 Å². The van der Waals surface area contributed by atoms with E-state index in [2.05, 4.69) is 38.4 Å². The van der Waals surface area contributed by atoms with Crippen molar-refractivity contribution in [3.8, 4) is 0 Å². The molecule has 0 atom stereocenters. The van der Waals surface area contributed by atoms with Gasteiger partial charge in [-0.2, -0.15) is 0 Å². The molecule has 1 aromatic carbocycles. The quantitative estimate of drug-likeness (QED) is 0.849. The lowest BCUT2D eigenvalue weighted by Gasteiger charge is -2.42. The minimum absolute atomic E-state index is 0.0753. The number of para-hydroxylation sites is 1. The highest BCUT2D eigenvalue weighted by Gasteiger charge is 2.29. The van der Waals surface area contributed by atoms with Gasteiger partial charge in [-0.3, -0.25) is 0 Å². The molecule has 0 spiro atoms. The Hall–Kier alpha value is -1.29. The summed E-state index contributed by atoms with van der Waals surface area (Å²) >= 11 is 0. The number of anilines is 1. The maximum Gasteiger partial charge on any atom is 0.337 e. The zero-order valence-corrected chi connectivity index (χ0v) is 13.0. The van der Waals surface area contributed by atoms with E-state index in [-0.39, 0.29) is 5.54 Å². The SMILES string of the molecule is Cc1cccc(C(=O)O)c1N([Si](C)C)C(C)(C)C. The van der Waals surface area contributed by atoms with E-state index in [1.807, 2.05) is 13.0 Å². The molecule has 0 fully saturated rings. The maximum absolute atomic E-state index is 11.4. The van der Waals surface area contributed by atoms with Gasteiger partial charge in [0.1, 0.15) is 0 Å². The number of aromatic carboxylic acids is 1. The highest BCUT2D eigenvalue weighted by molar-refractivity contribution is 6.61. The fourth-order valence-corrected chi connectivity index (χ4v) is 4.44. The highest BCUT2D eigenvalue weighted by atomic mass is 28.3. The standard InChI is InChI=1S/C14H22NO2Si/c1-10-8-7-9-11(13(16)17)12(10)15(18(5)6)14(2,3)4/h7-9H,1-6H3,(H,16,17). The third-order valence-electron chi connectivity index (χ3n) is 2.81. The predicted molar refractivity (Wildman–Crippen MR) is 77.9 cm³/mol. The summed E-state index contributed by atoms with van der Waals surface area (Å²) in [5.74, 6) is -0.855. The fourth-order valence-electron chi connectivity index (χ4n) is 2.36. The second-order valence-electron chi connectivity index (χ2n) is 5.73. The van der Waals surface area contributed by atoms with Gasteiger partial charge in [0.15, 0.2) is 8.96 Å². The monoisotopic (exact) mass is 264 g/mol. The van der Waals surface area contributed by atoms with Crippen LogP contribution in [-0.4, -0.2) is 25.6 Å². The third kappa shape index (κ3) is 2.93. The average molecular weight is 264 g/mol. The normalized spacial score (nSPS) is 11.7. The number of carboxylic acid groups (broad SMARTS) is 1. The van der Waals surface area contributed by atoms with Gasteiger partial charge in [-0.1, -0.05) is 25.2 Å². The van der Waals surface area contributed by atoms with E-state index in [1.54, 1.807) is 12.1 Å². The van der Waals surface area contributed by atoms with Crippen LogP contribution in [0, 0.1) is 6.92 Å². The Bertz CT molecular complexity index is 450. The van der Waals surface area contributed by atoms with Crippen molar-refractivity contribution >= 4 is 20.6 Å². The minimum Gasteiger partial charge on any atom is -0.478 e. The van der Waals surface area contributed by atoms with E-state index in [0.717, 1.165) is 11.3 Å². The number of hydrogen-bond donors (Lipinski definition) is 1. The van der Waals surface area contributed by atoms with E-state index in [1.165, 1.54) is 0 Å². The number of carboxylic acids is 1. The minimum atomic E-state index is -0.855. The number of aryl methyl sites for hydroxylation is 1. The van der Waals surface area contributed by atoms with Crippen molar-refractivity contribution in [3.63, 3.8) is 0 Å². The molecule has 0 aliphatic rings. The van der Waals surface area contributed by atoms with Crippen molar-refractivity contribution in [2.24, 2.45) is 0 Å². The van der Waals surface area contributed by atoms with Crippen LogP contribution in [0.25, 0.3) is 0 Å². The third-order valence-corrected chi connectivity index (χ3v) is 4.60. The summed E-state index contributed by atoms with van der Waals surface area (Å²) in [6.45, 7) is 12.7. The summed E-state index contributed by atoms with van der Waals surface area (Å²) < 4.78 is 2.27. The van der Waals surface area contributed by atoms with Gasteiger partial charge in [-0.15, -0.1) is 0 Å². The van der Waals surface area contributed by atoms with Gasteiger partial charge in [-0.05, 0) is 39.3 Å². The molecule has 0 aliphatic heterocycles. The molecule has 0 heterocycles. The number of nitrogens with zero attached hydrogens (tertiary/aromatic N) is 1. The Morgan fingerprint density at radius 2 is 1.83 bits per heavy atom. The van der Waals surface area contributed by atoms with E-state index in [0.29, 0.717) is 5.56 Å². The predicted octanol–water partition coefficient (Wildman–Crippen LogP) is 3.55. The molecular weight excluding hydrogens is 242 g/mol. The fraction of sp³-hybridized carbons (Fsp3) is 0.500.